The lowest BCUT2D eigenvalue weighted by Gasteiger charge is -2.41. The van der Waals surface area contributed by atoms with E-state index in [1.54, 1.807) is 17.6 Å². The number of benzene rings is 4. The van der Waals surface area contributed by atoms with Gasteiger partial charge in [0.1, 0.15) is 5.75 Å². The highest BCUT2D eigenvalue weighted by Gasteiger charge is 2.41. The molecular weight excluding hydrogens is 471 g/mol. The number of rotatable bonds is 8. The van der Waals surface area contributed by atoms with Crippen LogP contribution in [0, 0.1) is 0 Å². The molecule has 1 atom stereocenters. The summed E-state index contributed by atoms with van der Waals surface area (Å²) in [5.41, 5.74) is 2.27. The Labute approximate surface area is 219 Å². The van der Waals surface area contributed by atoms with Crippen LogP contribution >= 0.6 is 7.92 Å². The fraction of sp³-hybridized carbons (Fsp3) is 0.273. The number of hydrogen-bond acceptors (Lipinski definition) is 1. The van der Waals surface area contributed by atoms with E-state index in [0.29, 0.717) is 0 Å². The van der Waals surface area contributed by atoms with E-state index < -0.39 is 16.0 Å². The van der Waals surface area contributed by atoms with Gasteiger partial charge in [-0.15, -0.1) is 0 Å². The number of methoxy groups -OCH3 is 1. The lowest BCUT2D eigenvalue weighted by molar-refractivity contribution is 0.414. The minimum absolute atomic E-state index is 0.620. The second kappa shape index (κ2) is 11.6. The Bertz CT molecular complexity index is 1200. The molecule has 184 valence electrons. The summed E-state index contributed by atoms with van der Waals surface area (Å²) in [7, 11) is -0.759. The van der Waals surface area contributed by atoms with Crippen molar-refractivity contribution in [1.82, 2.24) is 0 Å². The Kier molecular flexibility index (Phi) is 8.04. The van der Waals surface area contributed by atoms with Gasteiger partial charge in [0.25, 0.3) is 0 Å². The van der Waals surface area contributed by atoms with Gasteiger partial charge in [0.2, 0.25) is 0 Å². The van der Waals surface area contributed by atoms with Crippen LogP contribution in [0.3, 0.4) is 0 Å². The monoisotopic (exact) mass is 508 g/mol. The Hall–Kier alpha value is -2.67. The third-order valence-electron chi connectivity index (χ3n) is 8.03. The molecule has 0 spiro atoms. The second-order valence-corrected chi connectivity index (χ2v) is 17.0. The smallest absolute Gasteiger partial charge is 0.118 e. The summed E-state index contributed by atoms with van der Waals surface area (Å²) in [6.07, 6.45) is 6.91. The van der Waals surface area contributed by atoms with Crippen LogP contribution < -0.4 is 25.8 Å². The molecule has 0 aromatic heterocycles. The summed E-state index contributed by atoms with van der Waals surface area (Å²) < 4.78 is 5.46. The standard InChI is InChI=1S/C33H37OPSi/c1-34-28-24-22-27(23-25-28)26-36(2,31-18-10-5-11-19-31)33-21-13-12-20-32(33)35(29-14-6-3-7-15-29)30-16-8-4-9-17-30/h3-4,6-9,12-17,20-25,31H,5,10-11,18-19,26H2,1-2H3. The van der Waals surface area contributed by atoms with Crippen LogP contribution in [-0.4, -0.2) is 15.2 Å². The zero-order chi connectivity index (χ0) is 24.8. The fourth-order valence-corrected chi connectivity index (χ4v) is 14.4. The Morgan fingerprint density at radius 3 is 1.83 bits per heavy atom. The first-order chi connectivity index (χ1) is 17.7. The molecule has 1 unspecified atom stereocenters. The van der Waals surface area contributed by atoms with Crippen LogP contribution in [0.4, 0.5) is 0 Å². The Morgan fingerprint density at radius 1 is 0.694 bits per heavy atom. The van der Waals surface area contributed by atoms with Crippen molar-refractivity contribution in [2.75, 3.05) is 7.11 Å². The molecule has 1 saturated carbocycles. The van der Waals surface area contributed by atoms with Gasteiger partial charge in [-0.3, -0.25) is 0 Å². The molecule has 36 heavy (non-hydrogen) atoms. The zero-order valence-corrected chi connectivity index (χ0v) is 23.5. The first-order valence-corrected chi connectivity index (χ1v) is 17.4. The lowest BCUT2D eigenvalue weighted by Crippen LogP contribution is -2.57. The Morgan fingerprint density at radius 2 is 1.25 bits per heavy atom. The molecule has 0 amide bonds. The van der Waals surface area contributed by atoms with E-state index in [1.807, 2.05) is 0 Å². The maximum absolute atomic E-state index is 5.46. The van der Waals surface area contributed by atoms with Crippen LogP contribution in [0.15, 0.2) is 109 Å². The van der Waals surface area contributed by atoms with E-state index in [9.17, 15) is 0 Å². The van der Waals surface area contributed by atoms with Gasteiger partial charge in [-0.25, -0.2) is 0 Å². The van der Waals surface area contributed by atoms with Crippen molar-refractivity contribution in [2.24, 2.45) is 0 Å². The molecule has 0 N–H and O–H groups in total. The highest BCUT2D eigenvalue weighted by Crippen LogP contribution is 2.40. The van der Waals surface area contributed by atoms with Crippen molar-refractivity contribution in [3.05, 3.63) is 115 Å². The molecule has 5 rings (SSSR count). The second-order valence-electron chi connectivity index (χ2n) is 10.3. The van der Waals surface area contributed by atoms with Crippen molar-refractivity contribution < 1.29 is 4.74 Å². The summed E-state index contributed by atoms with van der Waals surface area (Å²) in [4.78, 5) is 0. The molecule has 1 nitrogen and oxygen atoms in total. The molecule has 0 bridgehead atoms. The average Bonchev–Trinajstić information content (AvgIpc) is 2.95. The summed E-state index contributed by atoms with van der Waals surface area (Å²) >= 11 is 0. The Balaban J connectivity index is 1.65. The average molecular weight is 509 g/mol. The summed E-state index contributed by atoms with van der Waals surface area (Å²) in [6.45, 7) is 2.69. The molecule has 3 heteroatoms. The quantitative estimate of drug-likeness (QED) is 0.187. The number of ether oxygens (including phenoxy) is 1. The summed E-state index contributed by atoms with van der Waals surface area (Å²) in [6, 6.07) is 42.0. The minimum Gasteiger partial charge on any atom is -0.497 e. The SMILES string of the molecule is COc1ccc(C[Si](C)(c2ccccc2P(c2ccccc2)c2ccccc2)C2CCCCC2)cc1. The van der Waals surface area contributed by atoms with Crippen molar-refractivity contribution in [3.8, 4) is 5.75 Å². The number of hydrogen-bond donors (Lipinski definition) is 0. The predicted molar refractivity (Wildman–Crippen MR) is 160 cm³/mol. The van der Waals surface area contributed by atoms with E-state index in [0.717, 1.165) is 11.3 Å². The molecule has 0 saturated heterocycles. The largest absolute Gasteiger partial charge is 0.497 e. The van der Waals surface area contributed by atoms with Crippen LogP contribution in [-0.2, 0) is 6.04 Å². The first kappa shape index (κ1) is 25.0. The van der Waals surface area contributed by atoms with Crippen LogP contribution in [0.1, 0.15) is 37.7 Å². The molecule has 1 aliphatic rings. The summed E-state index contributed by atoms with van der Waals surface area (Å²) in [5, 5.41) is 6.12. The van der Waals surface area contributed by atoms with Crippen molar-refractivity contribution in [1.29, 1.82) is 0 Å². The molecule has 4 aromatic carbocycles. The van der Waals surface area contributed by atoms with Crippen LogP contribution in [0.25, 0.3) is 0 Å². The van der Waals surface area contributed by atoms with Crippen molar-refractivity contribution >= 4 is 37.1 Å². The highest BCUT2D eigenvalue weighted by atomic mass is 31.1. The molecule has 0 radical (unpaired) electrons. The van der Waals surface area contributed by atoms with E-state index in [-0.39, 0.29) is 0 Å². The van der Waals surface area contributed by atoms with E-state index in [1.165, 1.54) is 54.3 Å². The van der Waals surface area contributed by atoms with Gasteiger partial charge in [-0.2, -0.15) is 0 Å². The van der Waals surface area contributed by atoms with Gasteiger partial charge in [0, 0.05) is 0 Å². The maximum Gasteiger partial charge on any atom is 0.118 e. The van der Waals surface area contributed by atoms with Crippen LogP contribution in [0.2, 0.25) is 12.1 Å². The van der Waals surface area contributed by atoms with Crippen molar-refractivity contribution in [2.45, 2.75) is 50.2 Å². The third kappa shape index (κ3) is 5.36. The van der Waals surface area contributed by atoms with E-state index >= 15 is 0 Å². The van der Waals surface area contributed by atoms with Gasteiger partial charge >= 0.3 is 0 Å². The van der Waals surface area contributed by atoms with Crippen molar-refractivity contribution in [3.63, 3.8) is 0 Å². The maximum atomic E-state index is 5.46. The highest BCUT2D eigenvalue weighted by molar-refractivity contribution is 7.80. The van der Waals surface area contributed by atoms with Gasteiger partial charge in [-0.05, 0) is 47.6 Å². The molecule has 4 aromatic rings. The minimum atomic E-state index is -1.89. The van der Waals surface area contributed by atoms with E-state index in [4.69, 9.17) is 4.74 Å². The molecule has 1 aliphatic carbocycles. The molecule has 0 aliphatic heterocycles. The van der Waals surface area contributed by atoms with Crippen LogP contribution in [0.5, 0.6) is 5.75 Å². The first-order valence-electron chi connectivity index (χ1n) is 13.3. The van der Waals surface area contributed by atoms with Gasteiger partial charge in [0.05, 0.1) is 15.2 Å². The normalized spacial score (nSPS) is 16.0. The predicted octanol–water partition coefficient (Wildman–Crippen LogP) is 6.86. The van der Waals surface area contributed by atoms with Gasteiger partial charge in [-0.1, -0.05) is 146 Å². The third-order valence-corrected chi connectivity index (χ3v) is 15.9. The lowest BCUT2D eigenvalue weighted by atomic mass is 10.0. The zero-order valence-electron chi connectivity index (χ0n) is 21.6. The summed E-state index contributed by atoms with van der Waals surface area (Å²) in [5.74, 6) is 0.942. The van der Waals surface area contributed by atoms with Gasteiger partial charge in [0.15, 0.2) is 0 Å². The van der Waals surface area contributed by atoms with Gasteiger partial charge < -0.3 is 4.74 Å². The molecule has 1 fully saturated rings. The van der Waals surface area contributed by atoms with E-state index in [2.05, 4.69) is 116 Å². The topological polar surface area (TPSA) is 9.23 Å². The molecule has 0 heterocycles. The molecular formula is C33H37OPSi. The fourth-order valence-electron chi connectivity index (χ4n) is 6.10.